The number of aromatic nitrogens is 2. The van der Waals surface area contributed by atoms with Crippen molar-refractivity contribution in [3.8, 4) is 0 Å². The predicted octanol–water partition coefficient (Wildman–Crippen LogP) is 0.966. The summed E-state index contributed by atoms with van der Waals surface area (Å²) in [5, 5.41) is 2.94. The molecule has 4 N–H and O–H groups in total. The summed E-state index contributed by atoms with van der Waals surface area (Å²) in [4.78, 5) is 17.1. The monoisotopic (exact) mass is 198 g/mol. The molecular formula is C7H10N4OS. The molecule has 0 radical (unpaired) electrons. The minimum Gasteiger partial charge on any atom is -0.371 e. The van der Waals surface area contributed by atoms with Crippen molar-refractivity contribution < 1.29 is 4.79 Å². The summed E-state index contributed by atoms with van der Waals surface area (Å²) in [7, 11) is 0. The molecule has 0 spiro atoms. The molecule has 0 aromatic carbocycles. The first-order valence-electron chi connectivity index (χ1n) is 3.78. The number of nitrogen functional groups attached to an aromatic ring is 1. The van der Waals surface area contributed by atoms with Gasteiger partial charge in [0, 0.05) is 6.54 Å². The average molecular weight is 198 g/mol. The zero-order chi connectivity index (χ0) is 9.84. The quantitative estimate of drug-likeness (QED) is 0.498. The van der Waals surface area contributed by atoms with Crippen LogP contribution in [0.25, 0.3) is 0 Å². The molecule has 6 heteroatoms. The Morgan fingerprint density at radius 1 is 1.77 bits per heavy atom. The fourth-order valence-corrected chi connectivity index (χ4v) is 1.17. The highest BCUT2D eigenvalue weighted by Gasteiger charge is 2.04. The first-order chi connectivity index (χ1) is 6.19. The number of hydrogen-bond donors (Lipinski definition) is 3. The van der Waals surface area contributed by atoms with Gasteiger partial charge in [-0.25, -0.2) is 4.98 Å². The van der Waals surface area contributed by atoms with E-state index >= 15 is 0 Å². The van der Waals surface area contributed by atoms with Crippen molar-refractivity contribution in [1.82, 2.24) is 9.97 Å². The van der Waals surface area contributed by atoms with Crippen molar-refractivity contribution in [3.63, 3.8) is 0 Å². The maximum atomic E-state index is 10.6. The first-order valence-corrected chi connectivity index (χ1v) is 4.18. The average Bonchev–Trinajstić information content (AvgIpc) is 2.04. The third-order valence-corrected chi connectivity index (χ3v) is 1.76. The van der Waals surface area contributed by atoms with Crippen molar-refractivity contribution in [2.75, 3.05) is 17.6 Å². The lowest BCUT2D eigenvalue weighted by molar-refractivity contribution is 0.112. The van der Waals surface area contributed by atoms with Gasteiger partial charge in [0.05, 0.1) is 5.56 Å². The molecule has 0 bridgehead atoms. The Bertz CT molecular complexity index is 373. The van der Waals surface area contributed by atoms with Gasteiger partial charge < -0.3 is 16.0 Å². The van der Waals surface area contributed by atoms with E-state index in [2.05, 4.69) is 15.3 Å². The topological polar surface area (TPSA) is 83.8 Å². The molecule has 1 heterocycles. The number of aromatic amines is 1. The van der Waals surface area contributed by atoms with Crippen molar-refractivity contribution in [1.29, 1.82) is 0 Å². The summed E-state index contributed by atoms with van der Waals surface area (Å²) >= 11 is 4.86. The van der Waals surface area contributed by atoms with E-state index < -0.39 is 0 Å². The van der Waals surface area contributed by atoms with Crippen molar-refractivity contribution in [3.05, 3.63) is 10.2 Å². The van der Waals surface area contributed by atoms with E-state index in [1.54, 1.807) is 0 Å². The molecule has 70 valence electrons. The van der Waals surface area contributed by atoms with Gasteiger partial charge >= 0.3 is 0 Å². The van der Waals surface area contributed by atoms with Crippen molar-refractivity contribution >= 4 is 30.3 Å². The molecular weight excluding hydrogens is 188 g/mol. The van der Waals surface area contributed by atoms with Crippen LogP contribution < -0.4 is 11.1 Å². The predicted molar refractivity (Wildman–Crippen MR) is 53.4 cm³/mol. The molecule has 0 atom stereocenters. The number of rotatable bonds is 3. The zero-order valence-electron chi connectivity index (χ0n) is 7.13. The van der Waals surface area contributed by atoms with Gasteiger partial charge in [-0.3, -0.25) is 4.79 Å². The molecule has 1 aromatic heterocycles. The van der Waals surface area contributed by atoms with Crippen LogP contribution in [0.2, 0.25) is 0 Å². The summed E-state index contributed by atoms with van der Waals surface area (Å²) < 4.78 is 0.210. The Morgan fingerprint density at radius 2 is 2.46 bits per heavy atom. The normalized spacial score (nSPS) is 9.62. The third-order valence-electron chi connectivity index (χ3n) is 1.45. The SMILES string of the molecule is CCNc1[nH]c(N)nc(=S)c1C=O. The molecule has 0 aliphatic rings. The molecule has 0 aliphatic heterocycles. The molecule has 0 saturated carbocycles. The maximum Gasteiger partial charge on any atom is 0.200 e. The summed E-state index contributed by atoms with van der Waals surface area (Å²) in [6, 6.07) is 0. The fourth-order valence-electron chi connectivity index (χ4n) is 0.925. The third kappa shape index (κ3) is 2.03. The largest absolute Gasteiger partial charge is 0.371 e. The van der Waals surface area contributed by atoms with Gasteiger partial charge in [-0.1, -0.05) is 12.2 Å². The summed E-state index contributed by atoms with van der Waals surface area (Å²) in [6.45, 7) is 2.58. The Balaban J connectivity index is 3.29. The van der Waals surface area contributed by atoms with Crippen LogP contribution >= 0.6 is 12.2 Å². The van der Waals surface area contributed by atoms with Gasteiger partial charge in [0.2, 0.25) is 0 Å². The summed E-state index contributed by atoms with van der Waals surface area (Å²) in [5.74, 6) is 0.724. The van der Waals surface area contributed by atoms with E-state index in [1.165, 1.54) is 0 Å². The van der Waals surface area contributed by atoms with E-state index in [1.807, 2.05) is 6.92 Å². The Kier molecular flexibility index (Phi) is 2.97. The zero-order valence-corrected chi connectivity index (χ0v) is 7.94. The lowest BCUT2D eigenvalue weighted by atomic mass is 10.3. The fraction of sp³-hybridized carbons (Fsp3) is 0.286. The van der Waals surface area contributed by atoms with Crippen LogP contribution in [-0.4, -0.2) is 22.8 Å². The van der Waals surface area contributed by atoms with Crippen molar-refractivity contribution in [2.45, 2.75) is 6.92 Å². The van der Waals surface area contributed by atoms with Gasteiger partial charge in [-0.2, -0.15) is 0 Å². The molecule has 0 unspecified atom stereocenters. The number of anilines is 2. The van der Waals surface area contributed by atoms with Crippen LogP contribution in [0.1, 0.15) is 17.3 Å². The van der Waals surface area contributed by atoms with Crippen LogP contribution in [0.5, 0.6) is 0 Å². The Morgan fingerprint density at radius 3 is 3.00 bits per heavy atom. The number of nitrogens with zero attached hydrogens (tertiary/aromatic N) is 1. The van der Waals surface area contributed by atoms with E-state index in [9.17, 15) is 4.79 Å². The second-order valence-corrected chi connectivity index (χ2v) is 2.75. The summed E-state index contributed by atoms with van der Waals surface area (Å²) in [5.41, 5.74) is 5.76. The van der Waals surface area contributed by atoms with Crippen LogP contribution in [0.15, 0.2) is 0 Å². The van der Waals surface area contributed by atoms with Crippen LogP contribution in [0, 0.1) is 4.64 Å². The number of H-pyrrole nitrogens is 1. The van der Waals surface area contributed by atoms with Crippen LogP contribution in [-0.2, 0) is 0 Å². The van der Waals surface area contributed by atoms with E-state index in [4.69, 9.17) is 18.0 Å². The molecule has 0 saturated heterocycles. The minimum absolute atomic E-state index is 0.201. The highest BCUT2D eigenvalue weighted by atomic mass is 32.1. The second kappa shape index (κ2) is 3.99. The van der Waals surface area contributed by atoms with Crippen molar-refractivity contribution in [2.24, 2.45) is 0 Å². The number of nitrogens with one attached hydrogen (secondary N) is 2. The molecule has 13 heavy (non-hydrogen) atoms. The standard InChI is InChI=1S/C7H10N4OS/c1-2-9-5-4(3-12)6(13)11-7(8)10-5/h3H,2H2,1H3,(H4,8,9,10,11,13). The first kappa shape index (κ1) is 9.66. The van der Waals surface area contributed by atoms with Gasteiger partial charge in [-0.15, -0.1) is 0 Å². The number of carbonyl (C=O) groups is 1. The molecule has 1 aromatic rings. The molecule has 5 nitrogen and oxygen atoms in total. The number of nitrogens with two attached hydrogens (primary N) is 1. The molecule has 0 fully saturated rings. The van der Waals surface area contributed by atoms with E-state index in [0.717, 1.165) is 0 Å². The molecule has 0 amide bonds. The number of aldehydes is 1. The van der Waals surface area contributed by atoms with Gasteiger partial charge in [0.1, 0.15) is 10.5 Å². The summed E-state index contributed by atoms with van der Waals surface area (Å²) in [6.07, 6.45) is 0.656. The van der Waals surface area contributed by atoms with Crippen LogP contribution in [0.3, 0.4) is 0 Å². The molecule has 1 rings (SSSR count). The van der Waals surface area contributed by atoms with Crippen LogP contribution in [0.4, 0.5) is 11.8 Å². The minimum atomic E-state index is 0.201. The maximum absolute atomic E-state index is 10.6. The number of hydrogen-bond acceptors (Lipinski definition) is 5. The highest BCUT2D eigenvalue weighted by Crippen LogP contribution is 2.11. The highest BCUT2D eigenvalue weighted by molar-refractivity contribution is 7.71. The van der Waals surface area contributed by atoms with E-state index in [0.29, 0.717) is 24.2 Å². The second-order valence-electron chi connectivity index (χ2n) is 2.36. The number of carbonyl (C=O) groups excluding carboxylic acids is 1. The Hall–Kier alpha value is -1.43. The van der Waals surface area contributed by atoms with E-state index in [-0.39, 0.29) is 10.6 Å². The Labute approximate surface area is 80.4 Å². The molecule has 0 aliphatic carbocycles. The lowest BCUT2D eigenvalue weighted by Crippen LogP contribution is -2.07. The van der Waals surface area contributed by atoms with Gasteiger partial charge in [0.15, 0.2) is 12.2 Å². The van der Waals surface area contributed by atoms with Gasteiger partial charge in [0.25, 0.3) is 0 Å². The van der Waals surface area contributed by atoms with Gasteiger partial charge in [-0.05, 0) is 6.92 Å². The smallest absolute Gasteiger partial charge is 0.200 e. The lowest BCUT2D eigenvalue weighted by Gasteiger charge is -2.06.